The molecule has 0 spiro atoms. The predicted molar refractivity (Wildman–Crippen MR) is 84.0 cm³/mol. The van der Waals surface area contributed by atoms with Crippen molar-refractivity contribution in [2.45, 2.75) is 19.1 Å². The molecule has 0 fully saturated rings. The molecule has 0 aliphatic heterocycles. The van der Waals surface area contributed by atoms with Crippen molar-refractivity contribution >= 4 is 28.5 Å². The Bertz CT molecular complexity index is 862. The molecular formula is C14H13ClN4O5. The summed E-state index contributed by atoms with van der Waals surface area (Å²) < 4.78 is 12.0. The van der Waals surface area contributed by atoms with E-state index in [1.807, 2.05) is 0 Å². The second-order valence-electron chi connectivity index (χ2n) is 5.05. The normalized spacial score (nSPS) is 12.4. The van der Waals surface area contributed by atoms with E-state index in [-0.39, 0.29) is 24.3 Å². The number of benzene rings is 1. The van der Waals surface area contributed by atoms with Crippen LogP contribution in [0, 0.1) is 10.1 Å². The van der Waals surface area contributed by atoms with Crippen LogP contribution < -0.4 is 4.74 Å². The van der Waals surface area contributed by atoms with Gasteiger partial charge in [-0.3, -0.25) is 4.57 Å². The van der Waals surface area contributed by atoms with E-state index in [2.05, 4.69) is 9.97 Å². The van der Waals surface area contributed by atoms with Crippen LogP contribution in [0.25, 0.3) is 11.1 Å². The molecule has 1 aromatic carbocycles. The highest BCUT2D eigenvalue weighted by Gasteiger charge is 2.17. The van der Waals surface area contributed by atoms with E-state index >= 15 is 0 Å². The Labute approximate surface area is 140 Å². The smallest absolute Gasteiger partial charge is 0.383 e. The molecule has 1 N–H and O–H groups in total. The summed E-state index contributed by atoms with van der Waals surface area (Å²) in [6.07, 6.45) is 2.11. The second-order valence-corrected chi connectivity index (χ2v) is 5.39. The number of aromatic nitrogens is 3. The number of nitrogens with zero attached hydrogens (tertiary/aromatic N) is 4. The molecule has 126 valence electrons. The first-order chi connectivity index (χ1) is 11.5. The minimum Gasteiger partial charge on any atom is -0.491 e. The zero-order valence-corrected chi connectivity index (χ0v) is 13.1. The van der Waals surface area contributed by atoms with Gasteiger partial charge in [0.2, 0.25) is 0 Å². The van der Waals surface area contributed by atoms with Crippen LogP contribution >= 0.6 is 11.6 Å². The van der Waals surface area contributed by atoms with E-state index in [0.717, 1.165) is 0 Å². The van der Waals surface area contributed by atoms with Crippen LogP contribution in [-0.2, 0) is 6.54 Å². The van der Waals surface area contributed by atoms with Crippen molar-refractivity contribution in [2.75, 3.05) is 6.61 Å². The largest absolute Gasteiger partial charge is 0.491 e. The van der Waals surface area contributed by atoms with Crippen molar-refractivity contribution < 1.29 is 19.2 Å². The summed E-state index contributed by atoms with van der Waals surface area (Å²) in [4.78, 5) is 17.6. The van der Waals surface area contributed by atoms with E-state index < -0.39 is 11.0 Å². The molecule has 3 aromatic rings. The fourth-order valence-electron chi connectivity index (χ4n) is 2.12. The van der Waals surface area contributed by atoms with Crippen LogP contribution in [0.15, 0.2) is 35.2 Å². The Balaban J connectivity index is 1.52. The van der Waals surface area contributed by atoms with Gasteiger partial charge < -0.3 is 24.4 Å². The molecule has 2 aromatic heterocycles. The first-order valence-corrected chi connectivity index (χ1v) is 7.42. The van der Waals surface area contributed by atoms with E-state index in [4.69, 9.17) is 20.8 Å². The number of hydrogen-bond donors (Lipinski definition) is 1. The van der Waals surface area contributed by atoms with Crippen molar-refractivity contribution in [1.29, 1.82) is 0 Å². The van der Waals surface area contributed by atoms with Crippen LogP contribution in [-0.4, -0.2) is 37.3 Å². The average Bonchev–Trinajstić information content (AvgIpc) is 3.16. The first kappa shape index (κ1) is 16.2. The lowest BCUT2D eigenvalue weighted by Crippen LogP contribution is -2.19. The van der Waals surface area contributed by atoms with Crippen LogP contribution in [0.3, 0.4) is 0 Å². The highest BCUT2D eigenvalue weighted by molar-refractivity contribution is 6.28. The van der Waals surface area contributed by atoms with Gasteiger partial charge in [0.05, 0.1) is 6.10 Å². The van der Waals surface area contributed by atoms with Crippen LogP contribution in [0.5, 0.6) is 5.75 Å². The molecule has 0 saturated heterocycles. The molecule has 10 heteroatoms. The SMILES string of the molecule is O=[N+]([O-])c1cn(CC[C@H](O)COc2ccc3ocnc3c2)c(Cl)n1. The van der Waals surface area contributed by atoms with Gasteiger partial charge in [0.1, 0.15) is 24.1 Å². The maximum atomic E-state index is 10.6. The third-order valence-corrected chi connectivity index (χ3v) is 3.65. The standard InChI is InChI=1S/C14H13ClN4O5/c15-14-17-13(19(21)22)6-18(14)4-3-9(20)7-23-10-1-2-12-11(5-10)16-8-24-12/h1-2,5-6,8-9,20H,3-4,7H2/t9-/m0/s1. The molecule has 9 nitrogen and oxygen atoms in total. The topological polar surface area (TPSA) is 116 Å². The fourth-order valence-corrected chi connectivity index (χ4v) is 2.34. The quantitative estimate of drug-likeness (QED) is 0.512. The third kappa shape index (κ3) is 3.63. The van der Waals surface area contributed by atoms with E-state index in [1.165, 1.54) is 17.2 Å². The Kier molecular flexibility index (Phi) is 4.63. The lowest BCUT2D eigenvalue weighted by molar-refractivity contribution is -0.389. The fraction of sp³-hybridized carbons (Fsp3) is 0.286. The maximum Gasteiger partial charge on any atom is 0.383 e. The van der Waals surface area contributed by atoms with E-state index in [1.54, 1.807) is 18.2 Å². The van der Waals surface area contributed by atoms with Crippen molar-refractivity contribution in [1.82, 2.24) is 14.5 Å². The van der Waals surface area contributed by atoms with E-state index in [0.29, 0.717) is 23.3 Å². The highest BCUT2D eigenvalue weighted by Crippen LogP contribution is 2.20. The van der Waals surface area contributed by atoms with Gasteiger partial charge in [-0.2, -0.15) is 0 Å². The molecule has 1 atom stereocenters. The van der Waals surface area contributed by atoms with Gasteiger partial charge in [-0.1, -0.05) is 0 Å². The maximum absolute atomic E-state index is 10.6. The van der Waals surface area contributed by atoms with Gasteiger partial charge >= 0.3 is 11.1 Å². The van der Waals surface area contributed by atoms with Gasteiger partial charge in [0.25, 0.3) is 0 Å². The number of aliphatic hydroxyl groups is 1. The van der Waals surface area contributed by atoms with Crippen molar-refractivity contribution in [3.63, 3.8) is 0 Å². The minimum absolute atomic E-state index is 0.00584. The molecule has 0 bridgehead atoms. The molecule has 0 unspecified atom stereocenters. The molecular weight excluding hydrogens is 340 g/mol. The number of oxazole rings is 1. The third-order valence-electron chi connectivity index (χ3n) is 3.35. The first-order valence-electron chi connectivity index (χ1n) is 7.04. The van der Waals surface area contributed by atoms with Gasteiger partial charge in [-0.15, -0.1) is 0 Å². The lowest BCUT2D eigenvalue weighted by atomic mass is 10.2. The summed E-state index contributed by atoms with van der Waals surface area (Å²) in [5.41, 5.74) is 1.32. The van der Waals surface area contributed by atoms with Gasteiger partial charge in [0, 0.05) is 12.6 Å². The number of rotatable bonds is 7. The summed E-state index contributed by atoms with van der Waals surface area (Å²) in [6.45, 7) is 0.351. The van der Waals surface area contributed by atoms with Gasteiger partial charge in [-0.05, 0) is 40.1 Å². The highest BCUT2D eigenvalue weighted by atomic mass is 35.5. The number of aryl methyl sites for hydroxylation is 1. The van der Waals surface area contributed by atoms with Gasteiger partial charge in [0.15, 0.2) is 12.0 Å². The van der Waals surface area contributed by atoms with E-state index in [9.17, 15) is 15.2 Å². The molecule has 2 heterocycles. The van der Waals surface area contributed by atoms with Crippen molar-refractivity contribution in [2.24, 2.45) is 0 Å². The van der Waals surface area contributed by atoms with Gasteiger partial charge in [-0.25, -0.2) is 4.98 Å². The number of ether oxygens (including phenoxy) is 1. The minimum atomic E-state index is -0.768. The molecule has 0 amide bonds. The monoisotopic (exact) mass is 352 g/mol. The Morgan fingerprint density at radius 2 is 2.33 bits per heavy atom. The molecule has 0 saturated carbocycles. The zero-order chi connectivity index (χ0) is 17.1. The summed E-state index contributed by atoms with van der Waals surface area (Å²) in [7, 11) is 0. The number of halogens is 1. The second kappa shape index (κ2) is 6.85. The molecule has 0 aliphatic rings. The number of nitro groups is 1. The molecule has 3 rings (SSSR count). The Morgan fingerprint density at radius 1 is 1.50 bits per heavy atom. The van der Waals surface area contributed by atoms with Crippen molar-refractivity contribution in [3.05, 3.63) is 46.2 Å². The number of fused-ring (bicyclic) bond motifs is 1. The van der Waals surface area contributed by atoms with Crippen molar-refractivity contribution in [3.8, 4) is 5.75 Å². The summed E-state index contributed by atoms with van der Waals surface area (Å²) in [5, 5.41) is 20.6. The molecule has 24 heavy (non-hydrogen) atoms. The summed E-state index contributed by atoms with van der Waals surface area (Å²) >= 11 is 5.81. The number of aliphatic hydroxyl groups excluding tert-OH is 1. The van der Waals surface area contributed by atoms with Crippen LogP contribution in [0.4, 0.5) is 5.82 Å². The summed E-state index contributed by atoms with van der Waals surface area (Å²) in [6, 6.07) is 5.16. The Hall–Kier alpha value is -2.65. The summed E-state index contributed by atoms with van der Waals surface area (Å²) in [5.74, 6) is 0.235. The predicted octanol–water partition coefficient (Wildman–Crippen LogP) is 2.42. The molecule has 0 radical (unpaired) electrons. The lowest BCUT2D eigenvalue weighted by Gasteiger charge is -2.12. The van der Waals surface area contributed by atoms with Crippen LogP contribution in [0.2, 0.25) is 5.28 Å². The molecule has 0 aliphatic carbocycles. The average molecular weight is 353 g/mol. The Morgan fingerprint density at radius 3 is 3.08 bits per heavy atom. The zero-order valence-electron chi connectivity index (χ0n) is 12.3. The number of imidazole rings is 1. The van der Waals surface area contributed by atoms with Crippen LogP contribution in [0.1, 0.15) is 6.42 Å². The number of hydrogen-bond acceptors (Lipinski definition) is 7.